The van der Waals surface area contributed by atoms with Crippen molar-refractivity contribution in [3.63, 3.8) is 0 Å². The summed E-state index contributed by atoms with van der Waals surface area (Å²) in [5, 5.41) is 2.62. The molecule has 1 aromatic heterocycles. The molecule has 0 spiro atoms. The van der Waals surface area contributed by atoms with Crippen LogP contribution in [0.2, 0.25) is 5.02 Å². The van der Waals surface area contributed by atoms with Gasteiger partial charge in [-0.1, -0.05) is 17.7 Å². The van der Waals surface area contributed by atoms with Crippen LogP contribution >= 0.6 is 22.9 Å². The average Bonchev–Trinajstić information content (AvgIpc) is 3.20. The van der Waals surface area contributed by atoms with Crippen LogP contribution in [-0.4, -0.2) is 55.9 Å². The summed E-state index contributed by atoms with van der Waals surface area (Å²) in [5.41, 5.74) is 0.712. The molecule has 2 aliphatic rings. The van der Waals surface area contributed by atoms with Crippen LogP contribution in [0.4, 0.5) is 5.69 Å². The van der Waals surface area contributed by atoms with Gasteiger partial charge in [0.2, 0.25) is 5.91 Å². The van der Waals surface area contributed by atoms with E-state index in [1.165, 1.54) is 4.88 Å². The molecule has 4 rings (SSSR count). The van der Waals surface area contributed by atoms with Crippen LogP contribution in [0.25, 0.3) is 0 Å². The minimum atomic E-state index is -3.17. The van der Waals surface area contributed by atoms with Crippen molar-refractivity contribution in [1.82, 2.24) is 4.90 Å². The Labute approximate surface area is 162 Å². The maximum Gasteiger partial charge on any atom is 0.241 e. The molecule has 138 valence electrons. The van der Waals surface area contributed by atoms with Crippen LogP contribution in [0.3, 0.4) is 0 Å². The second kappa shape index (κ2) is 6.96. The monoisotopic (exact) mass is 410 g/mol. The van der Waals surface area contributed by atoms with Crippen molar-refractivity contribution in [3.05, 3.63) is 51.7 Å². The van der Waals surface area contributed by atoms with Crippen molar-refractivity contribution in [2.24, 2.45) is 0 Å². The molecule has 2 aromatic rings. The summed E-state index contributed by atoms with van der Waals surface area (Å²) in [6, 6.07) is 10.6. The Bertz CT molecular complexity index is 897. The molecule has 8 heteroatoms. The molecule has 0 N–H and O–H groups in total. The first kappa shape index (κ1) is 18.0. The molecule has 2 fully saturated rings. The summed E-state index contributed by atoms with van der Waals surface area (Å²) in [5.74, 6) is 0.0675. The second-order valence-corrected chi connectivity index (χ2v) is 10.4. The Balaban J connectivity index is 1.60. The van der Waals surface area contributed by atoms with E-state index in [1.54, 1.807) is 40.5 Å². The maximum atomic E-state index is 12.9. The predicted molar refractivity (Wildman–Crippen MR) is 105 cm³/mol. The summed E-state index contributed by atoms with van der Waals surface area (Å²) in [7, 11) is -3.17. The highest BCUT2D eigenvalue weighted by molar-refractivity contribution is 7.91. The fourth-order valence-electron chi connectivity index (χ4n) is 3.85. The number of benzene rings is 1. The van der Waals surface area contributed by atoms with Crippen LogP contribution < -0.4 is 4.90 Å². The lowest BCUT2D eigenvalue weighted by molar-refractivity contribution is -0.123. The van der Waals surface area contributed by atoms with E-state index in [0.29, 0.717) is 17.3 Å². The molecule has 0 unspecified atom stereocenters. The third-order valence-electron chi connectivity index (χ3n) is 5.03. The second-order valence-electron chi connectivity index (χ2n) is 6.75. The van der Waals surface area contributed by atoms with E-state index in [1.807, 2.05) is 16.3 Å². The SMILES string of the molecule is O=C1CN(CCc2cccs2)[C@H]2CS(=O)(=O)C[C@H]2N1c1ccc(Cl)cc1. The quantitative estimate of drug-likeness (QED) is 0.776. The number of anilines is 1. The van der Waals surface area contributed by atoms with Crippen molar-refractivity contribution >= 4 is 44.4 Å². The lowest BCUT2D eigenvalue weighted by Crippen LogP contribution is -2.62. The molecule has 2 saturated heterocycles. The fourth-order valence-corrected chi connectivity index (χ4v) is 6.65. The normalized spacial score (nSPS) is 25.4. The third-order valence-corrected chi connectivity index (χ3v) is 7.92. The summed E-state index contributed by atoms with van der Waals surface area (Å²) in [6.07, 6.45) is 0.829. The molecule has 26 heavy (non-hydrogen) atoms. The minimum absolute atomic E-state index is 0.0154. The van der Waals surface area contributed by atoms with E-state index >= 15 is 0 Å². The molecule has 1 aromatic carbocycles. The molecule has 5 nitrogen and oxygen atoms in total. The van der Waals surface area contributed by atoms with Gasteiger partial charge in [0.15, 0.2) is 9.84 Å². The smallest absolute Gasteiger partial charge is 0.241 e. The first-order valence-corrected chi connectivity index (χ1v) is 11.6. The molecule has 0 saturated carbocycles. The van der Waals surface area contributed by atoms with E-state index in [9.17, 15) is 13.2 Å². The summed E-state index contributed by atoms with van der Waals surface area (Å²) in [4.78, 5) is 17.8. The van der Waals surface area contributed by atoms with Gasteiger partial charge in [0.25, 0.3) is 0 Å². The third kappa shape index (κ3) is 3.53. The van der Waals surface area contributed by atoms with Crippen LogP contribution in [0.5, 0.6) is 0 Å². The number of hydrogen-bond donors (Lipinski definition) is 0. The highest BCUT2D eigenvalue weighted by Gasteiger charge is 2.49. The average molecular weight is 411 g/mol. The fraction of sp³-hybridized carbons (Fsp3) is 0.389. The van der Waals surface area contributed by atoms with Crippen molar-refractivity contribution in [3.8, 4) is 0 Å². The van der Waals surface area contributed by atoms with E-state index in [-0.39, 0.29) is 36.0 Å². The largest absolute Gasteiger partial charge is 0.306 e. The molecule has 0 radical (unpaired) electrons. The van der Waals surface area contributed by atoms with Crippen molar-refractivity contribution < 1.29 is 13.2 Å². The Morgan fingerprint density at radius 3 is 2.54 bits per heavy atom. The number of hydrogen-bond acceptors (Lipinski definition) is 5. The van der Waals surface area contributed by atoms with E-state index in [4.69, 9.17) is 11.6 Å². The Hall–Kier alpha value is -1.41. The zero-order valence-electron chi connectivity index (χ0n) is 14.0. The number of amides is 1. The number of carbonyl (C=O) groups excluding carboxylic acids is 1. The van der Waals surface area contributed by atoms with Crippen LogP contribution in [0, 0.1) is 0 Å². The van der Waals surface area contributed by atoms with E-state index in [2.05, 4.69) is 6.07 Å². The number of sulfone groups is 1. The van der Waals surface area contributed by atoms with Gasteiger partial charge in [0.1, 0.15) is 0 Å². The van der Waals surface area contributed by atoms with Gasteiger partial charge in [-0.15, -0.1) is 11.3 Å². The molecule has 0 bridgehead atoms. The van der Waals surface area contributed by atoms with Crippen molar-refractivity contribution in [1.29, 1.82) is 0 Å². The predicted octanol–water partition coefficient (Wildman–Crippen LogP) is 2.46. The highest BCUT2D eigenvalue weighted by atomic mass is 35.5. The molecule has 2 aliphatic heterocycles. The van der Waals surface area contributed by atoms with Gasteiger partial charge in [-0.25, -0.2) is 8.42 Å². The molecule has 0 aliphatic carbocycles. The van der Waals surface area contributed by atoms with Gasteiger partial charge < -0.3 is 4.90 Å². The Kier molecular flexibility index (Phi) is 4.81. The molecule has 3 heterocycles. The van der Waals surface area contributed by atoms with Crippen LogP contribution in [-0.2, 0) is 21.1 Å². The molecular weight excluding hydrogens is 392 g/mol. The van der Waals surface area contributed by atoms with Crippen molar-refractivity contribution in [2.45, 2.75) is 18.5 Å². The lowest BCUT2D eigenvalue weighted by Gasteiger charge is -2.43. The van der Waals surface area contributed by atoms with Gasteiger partial charge in [-0.2, -0.15) is 0 Å². The van der Waals surface area contributed by atoms with Gasteiger partial charge in [-0.05, 0) is 42.1 Å². The lowest BCUT2D eigenvalue weighted by atomic mass is 10.0. The number of nitrogens with zero attached hydrogens (tertiary/aromatic N) is 2. The number of piperazine rings is 1. The Morgan fingerprint density at radius 1 is 1.12 bits per heavy atom. The van der Waals surface area contributed by atoms with E-state index < -0.39 is 9.84 Å². The number of rotatable bonds is 4. The Morgan fingerprint density at radius 2 is 1.85 bits per heavy atom. The van der Waals surface area contributed by atoms with Gasteiger partial charge in [0.05, 0.1) is 24.1 Å². The number of fused-ring (bicyclic) bond motifs is 1. The number of thiophene rings is 1. The zero-order chi connectivity index (χ0) is 18.3. The maximum absolute atomic E-state index is 12.9. The van der Waals surface area contributed by atoms with E-state index in [0.717, 1.165) is 6.42 Å². The summed E-state index contributed by atoms with van der Waals surface area (Å²) >= 11 is 7.63. The summed E-state index contributed by atoms with van der Waals surface area (Å²) in [6.45, 7) is 0.933. The molecular formula is C18H19ClN2O3S2. The van der Waals surface area contributed by atoms with Crippen molar-refractivity contribution in [2.75, 3.05) is 29.5 Å². The first-order chi connectivity index (χ1) is 12.4. The summed E-state index contributed by atoms with van der Waals surface area (Å²) < 4.78 is 24.7. The van der Waals surface area contributed by atoms with Gasteiger partial charge >= 0.3 is 0 Å². The number of halogens is 1. The first-order valence-electron chi connectivity index (χ1n) is 8.47. The zero-order valence-corrected chi connectivity index (χ0v) is 16.4. The number of carbonyl (C=O) groups is 1. The highest BCUT2D eigenvalue weighted by Crippen LogP contribution is 2.32. The minimum Gasteiger partial charge on any atom is -0.306 e. The standard InChI is InChI=1S/C18H19ClN2O3S2/c19-13-3-5-14(6-4-13)21-17-12-26(23,24)11-16(17)20(10-18(21)22)8-7-15-2-1-9-25-15/h1-6,9,16-17H,7-8,10-12H2/t16-,17+/m0/s1. The van der Waals surface area contributed by atoms with Gasteiger partial charge in [0, 0.05) is 28.2 Å². The van der Waals surface area contributed by atoms with Crippen LogP contribution in [0.15, 0.2) is 41.8 Å². The van der Waals surface area contributed by atoms with Crippen LogP contribution in [0.1, 0.15) is 4.88 Å². The topological polar surface area (TPSA) is 57.7 Å². The molecule has 2 atom stereocenters. The molecule has 1 amide bonds. The van der Waals surface area contributed by atoms with Gasteiger partial charge in [-0.3, -0.25) is 9.69 Å².